The van der Waals surface area contributed by atoms with Crippen LogP contribution in [0.4, 0.5) is 5.69 Å². The third-order valence-electron chi connectivity index (χ3n) is 1.48. The number of fused-ring (bicyclic) bond motifs is 1. The molecule has 0 atom stereocenters. The van der Waals surface area contributed by atoms with E-state index in [1.807, 2.05) is 24.2 Å². The molecule has 1 aromatic heterocycles. The van der Waals surface area contributed by atoms with Gasteiger partial charge >= 0.3 is 58.0 Å². The molecule has 0 aliphatic carbocycles. The average Bonchev–Trinajstić information content (AvgIpc) is 2.33. The number of benzene rings is 1. The van der Waals surface area contributed by atoms with Gasteiger partial charge in [-0.15, -0.1) is 0 Å². The van der Waals surface area contributed by atoms with E-state index in [0.29, 0.717) is 0 Å². The molecule has 1 aromatic carbocycles. The minimum absolute atomic E-state index is 0.772. The van der Waals surface area contributed by atoms with E-state index < -0.39 is 0 Å². The van der Waals surface area contributed by atoms with Crippen molar-refractivity contribution >= 4 is 23.8 Å². The van der Waals surface area contributed by atoms with Gasteiger partial charge in [0.05, 0.1) is 0 Å². The topological polar surface area (TPSA) is 39.2 Å². The molecule has 0 unspecified atom stereocenters. The molecule has 3 heteroatoms. The van der Waals surface area contributed by atoms with E-state index in [1.54, 1.807) is 7.13 Å². The monoisotopic (exact) mass is 131 g/mol. The van der Waals surface area contributed by atoms with Gasteiger partial charge in [-0.05, 0) is 0 Å². The Morgan fingerprint density at radius 1 is 1.40 bits per heavy atom. The number of nitrogens with two attached hydrogens (primary N) is 1. The van der Waals surface area contributed by atoms with E-state index >= 15 is 0 Å². The third-order valence-corrected chi connectivity index (χ3v) is 1.48. The van der Waals surface area contributed by atoms with E-state index in [-0.39, 0.29) is 0 Å². The van der Waals surface area contributed by atoms with Gasteiger partial charge in [-0.25, -0.2) is 0 Å². The molecule has 10 heavy (non-hydrogen) atoms. The first-order valence-corrected chi connectivity index (χ1v) is 3.09. The molecule has 2 aromatic rings. The molecule has 1 heterocycles. The molecule has 2 rings (SSSR count). The fourth-order valence-corrected chi connectivity index (χ4v) is 0.985. The molecule has 48 valence electrons. The average molecular weight is 131 g/mol. The second-order valence-corrected chi connectivity index (χ2v) is 2.22. The summed E-state index contributed by atoms with van der Waals surface area (Å²) in [6, 6.07) is 5.58. The summed E-state index contributed by atoms with van der Waals surface area (Å²) >= 11 is 0. The summed E-state index contributed by atoms with van der Waals surface area (Å²) in [4.78, 5) is 0. The number of anilines is 1. The van der Waals surface area contributed by atoms with Crippen LogP contribution in [0.5, 0.6) is 0 Å². The molecule has 2 N–H and O–H groups in total. The Hall–Kier alpha value is -1.25. The third kappa shape index (κ3) is 0.710. The Kier molecular flexibility index (Phi) is 1.03. The number of rotatable bonds is 0. The predicted molar refractivity (Wildman–Crippen MR) is 42.0 cm³/mol. The molecule has 0 fully saturated rings. The molecule has 0 saturated heterocycles. The van der Waals surface area contributed by atoms with E-state index in [4.69, 9.17) is 10.1 Å². The Labute approximate surface area is 58.9 Å². The van der Waals surface area contributed by atoms with Crippen LogP contribution in [0.25, 0.3) is 11.0 Å². The Morgan fingerprint density at radius 3 is 3.20 bits per heavy atom. The molecule has 0 amide bonds. The molecule has 0 aliphatic heterocycles. The van der Waals surface area contributed by atoms with Crippen molar-refractivity contribution in [2.45, 2.75) is 0 Å². The maximum atomic E-state index is 5.54. The van der Waals surface area contributed by atoms with Gasteiger partial charge in [0, 0.05) is 0 Å². The van der Waals surface area contributed by atoms with E-state index in [2.05, 4.69) is 0 Å². The van der Waals surface area contributed by atoms with E-state index in [0.717, 1.165) is 16.7 Å². The number of hydrogen-bond donors (Lipinski definition) is 1. The summed E-state index contributed by atoms with van der Waals surface area (Å²) in [5.74, 6) is 1.89. The van der Waals surface area contributed by atoms with Crippen LogP contribution in [0.1, 0.15) is 0 Å². The van der Waals surface area contributed by atoms with Crippen molar-refractivity contribution in [2.24, 2.45) is 0 Å². The standard InChI is InChI=1S/C7H6BNO/c9-6-1-2-7-5(3-6)4-8-10-7/h1-4H,9H2. The minimum atomic E-state index is 0.772. The van der Waals surface area contributed by atoms with Gasteiger partial charge in [-0.2, -0.15) is 0 Å². The zero-order valence-corrected chi connectivity index (χ0v) is 5.37. The van der Waals surface area contributed by atoms with E-state index in [1.165, 1.54) is 0 Å². The van der Waals surface area contributed by atoms with Crippen LogP contribution in [-0.4, -0.2) is 7.13 Å². The zero-order chi connectivity index (χ0) is 6.97. The molecular weight excluding hydrogens is 125 g/mol. The van der Waals surface area contributed by atoms with Gasteiger partial charge in [-0.3, -0.25) is 0 Å². The Balaban J connectivity index is 2.86. The van der Waals surface area contributed by atoms with Crippen molar-refractivity contribution in [3.05, 3.63) is 24.2 Å². The molecule has 0 aliphatic rings. The fraction of sp³-hybridized carbons (Fsp3) is 0. The molecule has 2 nitrogen and oxygen atoms in total. The SMILES string of the molecule is Nc1ccc2obcc2c1. The summed E-state index contributed by atoms with van der Waals surface area (Å²) < 4.78 is 5.12. The van der Waals surface area contributed by atoms with Crippen LogP contribution in [0, 0.1) is 0 Å². The van der Waals surface area contributed by atoms with Gasteiger partial charge in [-0.1, -0.05) is 0 Å². The molecule has 0 spiro atoms. The van der Waals surface area contributed by atoms with Crippen molar-refractivity contribution in [1.82, 2.24) is 0 Å². The van der Waals surface area contributed by atoms with Gasteiger partial charge in [0.25, 0.3) is 0 Å². The maximum absolute atomic E-state index is 5.54. The first-order chi connectivity index (χ1) is 4.86. The predicted octanol–water partition coefficient (Wildman–Crippen LogP) is 1.35. The van der Waals surface area contributed by atoms with Crippen molar-refractivity contribution in [3.8, 4) is 0 Å². The summed E-state index contributed by atoms with van der Waals surface area (Å²) in [5.41, 5.74) is 7.20. The number of hydrogen-bond acceptors (Lipinski definition) is 2. The van der Waals surface area contributed by atoms with Crippen LogP contribution >= 0.6 is 0 Å². The van der Waals surface area contributed by atoms with Gasteiger partial charge < -0.3 is 0 Å². The van der Waals surface area contributed by atoms with Crippen molar-refractivity contribution in [1.29, 1.82) is 0 Å². The van der Waals surface area contributed by atoms with Crippen LogP contribution in [0.3, 0.4) is 0 Å². The molecule has 0 radical (unpaired) electrons. The van der Waals surface area contributed by atoms with Gasteiger partial charge in [0.2, 0.25) is 0 Å². The quantitative estimate of drug-likeness (QED) is 0.548. The van der Waals surface area contributed by atoms with Crippen LogP contribution in [0.2, 0.25) is 0 Å². The zero-order valence-electron chi connectivity index (χ0n) is 5.37. The second-order valence-electron chi connectivity index (χ2n) is 2.22. The summed E-state index contributed by atoms with van der Waals surface area (Å²) in [6.45, 7) is 0. The van der Waals surface area contributed by atoms with Gasteiger partial charge in [0.15, 0.2) is 0 Å². The number of nitrogen functional groups attached to an aromatic ring is 1. The van der Waals surface area contributed by atoms with Gasteiger partial charge in [0.1, 0.15) is 0 Å². The van der Waals surface area contributed by atoms with Crippen molar-refractivity contribution in [3.63, 3.8) is 0 Å². The summed E-state index contributed by atoms with van der Waals surface area (Å²) in [6.07, 6.45) is 0. The normalized spacial score (nSPS) is 10.0. The first-order valence-electron chi connectivity index (χ1n) is 3.09. The molecular formula is C7H6BNO. The van der Waals surface area contributed by atoms with Crippen LogP contribution < -0.4 is 5.73 Å². The van der Waals surface area contributed by atoms with Crippen molar-refractivity contribution in [2.75, 3.05) is 5.73 Å². The summed E-state index contributed by atoms with van der Waals surface area (Å²) in [5, 5.41) is 1.06. The Morgan fingerprint density at radius 2 is 2.30 bits per heavy atom. The van der Waals surface area contributed by atoms with Crippen molar-refractivity contribution < 1.29 is 4.33 Å². The first kappa shape index (κ1) is 5.53. The Bertz CT molecular complexity index is 355. The fourth-order valence-electron chi connectivity index (χ4n) is 0.985. The summed E-state index contributed by atoms with van der Waals surface area (Å²) in [7, 11) is 1.66. The van der Waals surface area contributed by atoms with Crippen LogP contribution in [-0.2, 0) is 0 Å². The molecule has 0 saturated carbocycles. The van der Waals surface area contributed by atoms with E-state index in [9.17, 15) is 0 Å². The van der Waals surface area contributed by atoms with Crippen LogP contribution in [0.15, 0.2) is 28.5 Å². The second kappa shape index (κ2) is 1.87. The molecule has 0 bridgehead atoms.